The Kier molecular flexibility index (Phi) is 6.47. The molecule has 2 aliphatic rings. The van der Waals surface area contributed by atoms with E-state index in [1.165, 1.54) is 0 Å². The van der Waals surface area contributed by atoms with Gasteiger partial charge < -0.3 is 14.7 Å². The molecule has 2 saturated heterocycles. The Morgan fingerprint density at radius 2 is 1.94 bits per heavy atom. The number of nitrogens with zero attached hydrogens (tertiary/aromatic N) is 2. The minimum absolute atomic E-state index is 0.0349. The monoisotopic (exact) mass is 474 g/mol. The second-order valence-electron chi connectivity index (χ2n) is 7.70. The average Bonchev–Trinajstić information content (AvgIpc) is 2.96. The molecule has 2 fully saturated rings. The van der Waals surface area contributed by atoms with Gasteiger partial charge in [0.1, 0.15) is 4.75 Å². The van der Waals surface area contributed by atoms with Crippen LogP contribution in [-0.2, 0) is 19.4 Å². The number of hydrogen-bond donors (Lipinski definition) is 1. The van der Waals surface area contributed by atoms with E-state index in [0.717, 1.165) is 10.9 Å². The molecule has 32 heavy (non-hydrogen) atoms. The molecule has 0 bridgehead atoms. The fourth-order valence-corrected chi connectivity index (χ4v) is 6.44. The summed E-state index contributed by atoms with van der Waals surface area (Å²) in [4.78, 5) is 27.5. The number of carbonyl (C=O) groups excluding carboxylic acids is 1. The summed E-state index contributed by atoms with van der Waals surface area (Å²) in [7, 11) is -1.60. The zero-order valence-corrected chi connectivity index (χ0v) is 17.8. The van der Waals surface area contributed by atoms with Crippen LogP contribution in [0.2, 0.25) is 0 Å². The Bertz CT molecular complexity index is 1130. The number of sulfone groups is 1. The van der Waals surface area contributed by atoms with E-state index in [1.54, 1.807) is 24.3 Å². The molecule has 12 heteroatoms. The van der Waals surface area contributed by atoms with Crippen LogP contribution in [0.1, 0.15) is 16.8 Å². The number of hydrogen-bond acceptors (Lipinski definition) is 6. The SMILES string of the molecule is COCC1CCS(=O)(=O)C12CN(C(=O)c1ccc3ncccc3c1)C2.O=C(O)C(F)(F)F. The highest BCUT2D eigenvalue weighted by atomic mass is 32.2. The van der Waals surface area contributed by atoms with Gasteiger partial charge >= 0.3 is 12.1 Å². The van der Waals surface area contributed by atoms with Crippen LogP contribution in [0, 0.1) is 5.92 Å². The van der Waals surface area contributed by atoms with E-state index in [4.69, 9.17) is 14.6 Å². The number of benzene rings is 1. The minimum atomic E-state index is -5.08. The van der Waals surface area contributed by atoms with Crippen LogP contribution >= 0.6 is 0 Å². The summed E-state index contributed by atoms with van der Waals surface area (Å²) in [5.74, 6) is -2.74. The van der Waals surface area contributed by atoms with Crippen molar-refractivity contribution >= 4 is 32.6 Å². The van der Waals surface area contributed by atoms with E-state index >= 15 is 0 Å². The number of likely N-dealkylation sites (tertiary alicyclic amines) is 1. The van der Waals surface area contributed by atoms with E-state index in [9.17, 15) is 26.4 Å². The van der Waals surface area contributed by atoms with Crippen molar-refractivity contribution in [2.75, 3.05) is 32.6 Å². The second-order valence-corrected chi connectivity index (χ2v) is 10.2. The number of fused-ring (bicyclic) bond motifs is 1. The summed E-state index contributed by atoms with van der Waals surface area (Å²) in [5.41, 5.74) is 1.40. The molecule has 174 valence electrons. The molecule has 0 aliphatic carbocycles. The van der Waals surface area contributed by atoms with Gasteiger partial charge in [0.2, 0.25) is 0 Å². The van der Waals surface area contributed by atoms with Gasteiger partial charge in [-0.3, -0.25) is 9.78 Å². The normalized spacial score (nSPS) is 21.0. The minimum Gasteiger partial charge on any atom is -0.475 e. The molecular weight excluding hydrogens is 453 g/mol. The Morgan fingerprint density at radius 3 is 2.53 bits per heavy atom. The highest BCUT2D eigenvalue weighted by Crippen LogP contribution is 2.45. The van der Waals surface area contributed by atoms with Crippen LogP contribution in [0.3, 0.4) is 0 Å². The smallest absolute Gasteiger partial charge is 0.475 e. The molecule has 1 N–H and O–H groups in total. The Labute approximate surface area is 181 Å². The van der Waals surface area contributed by atoms with Crippen molar-refractivity contribution in [3.8, 4) is 0 Å². The van der Waals surface area contributed by atoms with Gasteiger partial charge in [0.05, 0.1) is 17.9 Å². The van der Waals surface area contributed by atoms with Gasteiger partial charge in [0, 0.05) is 43.3 Å². The molecule has 3 heterocycles. The number of methoxy groups -OCH3 is 1. The third-order valence-corrected chi connectivity index (χ3v) is 8.37. The average molecular weight is 474 g/mol. The van der Waals surface area contributed by atoms with Crippen molar-refractivity contribution in [2.45, 2.75) is 17.3 Å². The molecule has 1 spiro atoms. The van der Waals surface area contributed by atoms with Gasteiger partial charge in [0.25, 0.3) is 5.91 Å². The zero-order chi connectivity index (χ0) is 23.7. The first kappa shape index (κ1) is 23.9. The van der Waals surface area contributed by atoms with E-state index in [0.29, 0.717) is 18.6 Å². The summed E-state index contributed by atoms with van der Waals surface area (Å²) >= 11 is 0. The quantitative estimate of drug-likeness (QED) is 0.725. The first-order valence-corrected chi connectivity index (χ1v) is 11.2. The molecule has 0 saturated carbocycles. The number of carboxylic acid groups (broad SMARTS) is 1. The number of aliphatic carboxylic acids is 1. The Hall–Kier alpha value is -2.73. The van der Waals surface area contributed by atoms with Crippen molar-refractivity contribution < 1.29 is 41.0 Å². The van der Waals surface area contributed by atoms with Crippen LogP contribution in [0.15, 0.2) is 36.5 Å². The number of amides is 1. The molecule has 0 radical (unpaired) electrons. The van der Waals surface area contributed by atoms with Crippen molar-refractivity contribution in [2.24, 2.45) is 5.92 Å². The molecule has 1 atom stereocenters. The molecular formula is C20H21F3N2O6S. The first-order valence-electron chi connectivity index (χ1n) is 9.57. The second kappa shape index (κ2) is 8.66. The van der Waals surface area contributed by atoms with E-state index in [1.807, 2.05) is 24.3 Å². The lowest BCUT2D eigenvalue weighted by Crippen LogP contribution is -2.68. The summed E-state index contributed by atoms with van der Waals surface area (Å²) in [6, 6.07) is 9.12. The van der Waals surface area contributed by atoms with Crippen molar-refractivity contribution in [1.82, 2.24) is 9.88 Å². The molecule has 1 unspecified atom stereocenters. The molecule has 4 rings (SSSR count). The summed E-state index contributed by atoms with van der Waals surface area (Å²) in [6.45, 7) is 0.934. The standard InChI is InChI=1S/C18H20N2O4S.C2HF3O2/c1-24-10-15-6-8-25(22,23)18(15)11-20(12-18)17(21)14-4-5-16-13(9-14)3-2-7-19-16;3-2(4,5)1(6)7/h2-5,7,9,15H,6,8,10-12H2,1H3;(H,6,7). The number of ether oxygens (including phenoxy) is 1. The van der Waals surface area contributed by atoms with Gasteiger partial charge in [0.15, 0.2) is 9.84 Å². The first-order chi connectivity index (χ1) is 14.9. The third kappa shape index (κ3) is 4.42. The molecule has 2 aliphatic heterocycles. The highest BCUT2D eigenvalue weighted by Gasteiger charge is 2.62. The topological polar surface area (TPSA) is 114 Å². The van der Waals surface area contributed by atoms with E-state index in [-0.39, 0.29) is 30.7 Å². The van der Waals surface area contributed by atoms with Crippen LogP contribution in [0.25, 0.3) is 10.9 Å². The lowest BCUT2D eigenvalue weighted by Gasteiger charge is -2.49. The van der Waals surface area contributed by atoms with Crippen LogP contribution in [0.4, 0.5) is 13.2 Å². The highest BCUT2D eigenvalue weighted by molar-refractivity contribution is 7.93. The van der Waals surface area contributed by atoms with Crippen LogP contribution in [0.5, 0.6) is 0 Å². The van der Waals surface area contributed by atoms with Gasteiger partial charge in [-0.05, 0) is 30.7 Å². The summed E-state index contributed by atoms with van der Waals surface area (Å²) < 4.78 is 61.2. The van der Waals surface area contributed by atoms with Gasteiger partial charge in [-0.15, -0.1) is 0 Å². The predicted octanol–water partition coefficient (Wildman–Crippen LogP) is 2.14. The number of aromatic nitrogens is 1. The van der Waals surface area contributed by atoms with E-state index < -0.39 is 26.7 Å². The molecule has 2 aromatic rings. The third-order valence-electron chi connectivity index (χ3n) is 5.76. The van der Waals surface area contributed by atoms with Crippen LogP contribution in [-0.4, -0.2) is 78.8 Å². The predicted molar refractivity (Wildman–Crippen MR) is 108 cm³/mol. The number of carbonyl (C=O) groups is 2. The Balaban J connectivity index is 0.000000360. The number of alkyl halides is 3. The van der Waals surface area contributed by atoms with Crippen molar-refractivity contribution in [3.63, 3.8) is 0 Å². The molecule has 8 nitrogen and oxygen atoms in total. The van der Waals surface area contributed by atoms with Gasteiger partial charge in [-0.2, -0.15) is 13.2 Å². The number of halogens is 3. The largest absolute Gasteiger partial charge is 0.490 e. The zero-order valence-electron chi connectivity index (χ0n) is 17.0. The van der Waals surface area contributed by atoms with Crippen molar-refractivity contribution in [1.29, 1.82) is 0 Å². The fraction of sp³-hybridized carbons (Fsp3) is 0.450. The van der Waals surface area contributed by atoms with Crippen LogP contribution < -0.4 is 0 Å². The fourth-order valence-electron chi connectivity index (χ4n) is 4.04. The van der Waals surface area contributed by atoms with Crippen molar-refractivity contribution in [3.05, 3.63) is 42.1 Å². The maximum Gasteiger partial charge on any atom is 0.490 e. The molecule has 1 aromatic carbocycles. The molecule has 1 amide bonds. The molecule has 1 aromatic heterocycles. The number of carboxylic acids is 1. The lowest BCUT2D eigenvalue weighted by atomic mass is 9.83. The number of pyridine rings is 1. The maximum absolute atomic E-state index is 12.8. The Morgan fingerprint density at radius 1 is 1.28 bits per heavy atom. The summed E-state index contributed by atoms with van der Waals surface area (Å²) in [6.07, 6.45) is -2.76. The van der Waals surface area contributed by atoms with Gasteiger partial charge in [-0.1, -0.05) is 6.07 Å². The van der Waals surface area contributed by atoms with E-state index in [2.05, 4.69) is 4.98 Å². The van der Waals surface area contributed by atoms with Gasteiger partial charge in [-0.25, -0.2) is 13.2 Å². The lowest BCUT2D eigenvalue weighted by molar-refractivity contribution is -0.192. The summed E-state index contributed by atoms with van der Waals surface area (Å²) in [5, 5.41) is 8.02. The maximum atomic E-state index is 12.8. The number of rotatable bonds is 3.